The van der Waals surface area contributed by atoms with E-state index in [2.05, 4.69) is 62.9 Å². The fourth-order valence-electron chi connectivity index (χ4n) is 3.05. The average Bonchev–Trinajstić information content (AvgIpc) is 2.69. The molecule has 2 heteroatoms. The second kappa shape index (κ2) is 12.3. The summed E-state index contributed by atoms with van der Waals surface area (Å²) >= 11 is 0. The summed E-state index contributed by atoms with van der Waals surface area (Å²) in [5.74, 6) is 0.886. The van der Waals surface area contributed by atoms with Crippen molar-refractivity contribution in [1.29, 1.82) is 0 Å². The van der Waals surface area contributed by atoms with Crippen molar-refractivity contribution in [3.8, 4) is 5.75 Å². The quantitative estimate of drug-likeness (QED) is 0.276. The largest absolute Gasteiger partial charge is 0.490 e. The first-order valence-electron chi connectivity index (χ1n) is 10.3. The Morgan fingerprint density at radius 3 is 2.67 bits per heavy atom. The summed E-state index contributed by atoms with van der Waals surface area (Å²) < 4.78 is 11.5. The Labute approximate surface area is 164 Å². The van der Waals surface area contributed by atoms with Crippen LogP contribution >= 0.6 is 0 Å². The minimum Gasteiger partial charge on any atom is -0.490 e. The third-order valence-corrected chi connectivity index (χ3v) is 4.65. The van der Waals surface area contributed by atoms with Crippen LogP contribution in [0.1, 0.15) is 57.9 Å². The van der Waals surface area contributed by atoms with E-state index in [4.69, 9.17) is 9.47 Å². The molecule has 0 saturated carbocycles. The maximum atomic E-state index is 5.85. The maximum Gasteiger partial charge on any atom is 0.120 e. The Bertz CT molecular complexity index is 717. The molecule has 0 aliphatic carbocycles. The number of unbranched alkanes of at least 4 members (excludes halogenated alkanes) is 3. The van der Waals surface area contributed by atoms with Crippen LogP contribution in [0.15, 0.2) is 55.1 Å². The van der Waals surface area contributed by atoms with Crippen LogP contribution in [-0.4, -0.2) is 19.3 Å². The molecule has 0 amide bonds. The lowest BCUT2D eigenvalue weighted by atomic mass is 10.1. The van der Waals surface area contributed by atoms with Crippen molar-refractivity contribution in [3.05, 3.63) is 60.7 Å². The van der Waals surface area contributed by atoms with Gasteiger partial charge in [-0.3, -0.25) is 0 Å². The van der Waals surface area contributed by atoms with Gasteiger partial charge in [0.1, 0.15) is 12.4 Å². The summed E-state index contributed by atoms with van der Waals surface area (Å²) in [4.78, 5) is 0. The Balaban J connectivity index is 1.76. The van der Waals surface area contributed by atoms with Gasteiger partial charge in [-0.05, 0) is 67.1 Å². The lowest BCUT2D eigenvalue weighted by Gasteiger charge is -2.12. The fourth-order valence-corrected chi connectivity index (χ4v) is 3.05. The van der Waals surface area contributed by atoms with Gasteiger partial charge in [-0.15, -0.1) is 0 Å². The monoisotopic (exact) mass is 366 g/mol. The molecule has 0 aromatic heterocycles. The first kappa shape index (κ1) is 21.2. The molecule has 146 valence electrons. The van der Waals surface area contributed by atoms with E-state index in [0.29, 0.717) is 12.7 Å². The molecule has 27 heavy (non-hydrogen) atoms. The standard InChI is InChI=1S/C25H34O2/c1-4-6-10-18-26-21(3)11-8-7-9-12-22-13-14-24-20-25(27-17-5-2)16-15-23(24)19-22/h5,9,12-16,19-21H,2,4,6-8,10-11,17-18H2,1,3H3. The van der Waals surface area contributed by atoms with Crippen LogP contribution in [0.25, 0.3) is 16.8 Å². The van der Waals surface area contributed by atoms with Gasteiger partial charge in [-0.25, -0.2) is 0 Å². The molecule has 0 spiro atoms. The van der Waals surface area contributed by atoms with Crippen LogP contribution in [-0.2, 0) is 4.74 Å². The van der Waals surface area contributed by atoms with Crippen LogP contribution in [0.3, 0.4) is 0 Å². The predicted molar refractivity (Wildman–Crippen MR) is 117 cm³/mol. The van der Waals surface area contributed by atoms with Crippen molar-refractivity contribution >= 4 is 16.8 Å². The van der Waals surface area contributed by atoms with Crippen LogP contribution in [0.5, 0.6) is 5.75 Å². The Morgan fingerprint density at radius 1 is 1.04 bits per heavy atom. The van der Waals surface area contributed by atoms with Gasteiger partial charge in [0.2, 0.25) is 0 Å². The maximum absolute atomic E-state index is 5.85. The van der Waals surface area contributed by atoms with E-state index in [-0.39, 0.29) is 0 Å². The van der Waals surface area contributed by atoms with Gasteiger partial charge in [-0.2, -0.15) is 0 Å². The van der Waals surface area contributed by atoms with Gasteiger partial charge in [0.15, 0.2) is 0 Å². The van der Waals surface area contributed by atoms with Crippen molar-refractivity contribution in [2.24, 2.45) is 0 Å². The molecule has 2 rings (SSSR count). The molecule has 0 heterocycles. The Morgan fingerprint density at radius 2 is 1.85 bits per heavy atom. The molecule has 0 saturated heterocycles. The topological polar surface area (TPSA) is 18.5 Å². The molecular weight excluding hydrogens is 332 g/mol. The lowest BCUT2D eigenvalue weighted by Crippen LogP contribution is -2.08. The second-order valence-corrected chi connectivity index (χ2v) is 7.09. The molecule has 0 fully saturated rings. The molecule has 0 radical (unpaired) electrons. The van der Waals surface area contributed by atoms with E-state index in [0.717, 1.165) is 25.2 Å². The number of fused-ring (bicyclic) bond motifs is 1. The summed E-state index contributed by atoms with van der Waals surface area (Å²) in [5, 5.41) is 2.43. The zero-order valence-corrected chi connectivity index (χ0v) is 17.0. The number of benzene rings is 2. The first-order valence-corrected chi connectivity index (χ1v) is 10.3. The van der Waals surface area contributed by atoms with E-state index in [1.807, 2.05) is 6.07 Å². The highest BCUT2D eigenvalue weighted by molar-refractivity contribution is 5.86. The van der Waals surface area contributed by atoms with Gasteiger partial charge in [0.05, 0.1) is 6.10 Å². The second-order valence-electron chi connectivity index (χ2n) is 7.09. The zero-order chi connectivity index (χ0) is 19.3. The summed E-state index contributed by atoms with van der Waals surface area (Å²) in [6, 6.07) is 12.7. The zero-order valence-electron chi connectivity index (χ0n) is 17.0. The lowest BCUT2D eigenvalue weighted by molar-refractivity contribution is 0.0566. The van der Waals surface area contributed by atoms with Crippen molar-refractivity contribution in [3.63, 3.8) is 0 Å². The summed E-state index contributed by atoms with van der Waals surface area (Å²) in [7, 11) is 0. The van der Waals surface area contributed by atoms with Crippen LogP contribution in [0, 0.1) is 0 Å². The third kappa shape index (κ3) is 8.01. The van der Waals surface area contributed by atoms with Crippen LogP contribution in [0.4, 0.5) is 0 Å². The molecule has 2 nitrogen and oxygen atoms in total. The number of hydrogen-bond acceptors (Lipinski definition) is 2. The highest BCUT2D eigenvalue weighted by Crippen LogP contribution is 2.23. The van der Waals surface area contributed by atoms with E-state index in [1.54, 1.807) is 6.08 Å². The highest BCUT2D eigenvalue weighted by Gasteiger charge is 2.01. The molecule has 0 N–H and O–H groups in total. The third-order valence-electron chi connectivity index (χ3n) is 4.65. The molecule has 2 aromatic rings. The number of allylic oxidation sites excluding steroid dienone is 1. The Hall–Kier alpha value is -2.06. The van der Waals surface area contributed by atoms with E-state index in [1.165, 1.54) is 42.0 Å². The van der Waals surface area contributed by atoms with Crippen LogP contribution in [0.2, 0.25) is 0 Å². The van der Waals surface area contributed by atoms with Gasteiger partial charge in [-0.1, -0.05) is 62.8 Å². The van der Waals surface area contributed by atoms with E-state index < -0.39 is 0 Å². The molecular formula is C25H34O2. The van der Waals surface area contributed by atoms with Crippen molar-refractivity contribution in [2.45, 2.75) is 58.5 Å². The van der Waals surface area contributed by atoms with Crippen molar-refractivity contribution < 1.29 is 9.47 Å². The SMILES string of the molecule is C=CCOc1ccc2cc(C=CCCCC(C)OCCCCC)ccc2c1. The van der Waals surface area contributed by atoms with E-state index >= 15 is 0 Å². The predicted octanol–water partition coefficient (Wildman–Crippen LogP) is 7.18. The summed E-state index contributed by atoms with van der Waals surface area (Å²) in [6.07, 6.45) is 13.7. The molecule has 0 aliphatic rings. The average molecular weight is 367 g/mol. The highest BCUT2D eigenvalue weighted by atomic mass is 16.5. The Kier molecular flexibility index (Phi) is 9.72. The summed E-state index contributed by atoms with van der Waals surface area (Å²) in [5.41, 5.74) is 1.24. The van der Waals surface area contributed by atoms with Crippen LogP contribution < -0.4 is 4.74 Å². The van der Waals surface area contributed by atoms with Gasteiger partial charge >= 0.3 is 0 Å². The fraction of sp³-hybridized carbons (Fsp3) is 0.440. The molecule has 0 aliphatic heterocycles. The number of hydrogen-bond donors (Lipinski definition) is 0. The van der Waals surface area contributed by atoms with Crippen molar-refractivity contribution in [1.82, 2.24) is 0 Å². The first-order chi connectivity index (χ1) is 13.2. The normalized spacial score (nSPS) is 12.5. The van der Waals surface area contributed by atoms with Gasteiger partial charge in [0, 0.05) is 6.61 Å². The molecule has 1 atom stereocenters. The number of rotatable bonds is 13. The molecule has 2 aromatic carbocycles. The van der Waals surface area contributed by atoms with Gasteiger partial charge < -0.3 is 9.47 Å². The minimum absolute atomic E-state index is 0.369. The smallest absolute Gasteiger partial charge is 0.120 e. The minimum atomic E-state index is 0.369. The summed E-state index contributed by atoms with van der Waals surface area (Å²) in [6.45, 7) is 9.53. The van der Waals surface area contributed by atoms with Gasteiger partial charge in [0.25, 0.3) is 0 Å². The number of ether oxygens (including phenoxy) is 2. The molecule has 1 unspecified atom stereocenters. The molecule has 0 bridgehead atoms. The van der Waals surface area contributed by atoms with Crippen molar-refractivity contribution in [2.75, 3.05) is 13.2 Å². The van der Waals surface area contributed by atoms with E-state index in [9.17, 15) is 0 Å².